The molecule has 0 bridgehead atoms. The Kier molecular flexibility index (Phi) is 5.26. The maximum atomic E-state index is 13.1. The maximum Gasteiger partial charge on any atom is 0.183 e. The second-order valence-corrected chi connectivity index (χ2v) is 12.3. The van der Waals surface area contributed by atoms with Gasteiger partial charge in [-0.1, -0.05) is 32.9 Å². The minimum atomic E-state index is -3.78. The van der Waals surface area contributed by atoms with Crippen LogP contribution in [0.1, 0.15) is 32.1 Å². The lowest BCUT2D eigenvalue weighted by atomic mass is 9.87. The van der Waals surface area contributed by atoms with Gasteiger partial charge in [0.15, 0.2) is 19.7 Å². The van der Waals surface area contributed by atoms with Gasteiger partial charge in [0.05, 0.1) is 34.5 Å². The first-order chi connectivity index (χ1) is 12.5. The zero-order chi connectivity index (χ0) is 19.9. The quantitative estimate of drug-likeness (QED) is 0.811. The second-order valence-electron chi connectivity index (χ2n) is 8.00. The topological polar surface area (TPSA) is 93.5 Å². The van der Waals surface area contributed by atoms with Crippen LogP contribution in [0.15, 0.2) is 52.0 Å². The van der Waals surface area contributed by atoms with Crippen LogP contribution in [0.3, 0.4) is 0 Å². The maximum absolute atomic E-state index is 13.1. The molecule has 6 nitrogen and oxygen atoms in total. The SMILES string of the molecule is CC(C)(C)c1ccc(S(=O)(=O)[C@H]2CS(=O)(=O)C[C@@H]2NCc2ccco2)cc1. The van der Waals surface area contributed by atoms with Gasteiger partial charge in [-0.2, -0.15) is 0 Å². The molecule has 0 unspecified atom stereocenters. The van der Waals surface area contributed by atoms with Gasteiger partial charge in [-0.15, -0.1) is 0 Å². The van der Waals surface area contributed by atoms with E-state index in [0.29, 0.717) is 5.76 Å². The van der Waals surface area contributed by atoms with Crippen molar-refractivity contribution in [2.24, 2.45) is 0 Å². The Morgan fingerprint density at radius 3 is 2.33 bits per heavy atom. The Balaban J connectivity index is 1.86. The molecule has 0 saturated carbocycles. The summed E-state index contributed by atoms with van der Waals surface area (Å²) in [6.07, 6.45) is 1.52. The third-order valence-corrected chi connectivity index (χ3v) is 9.03. The average molecular weight is 412 g/mol. The average Bonchev–Trinajstić information content (AvgIpc) is 3.19. The zero-order valence-electron chi connectivity index (χ0n) is 15.7. The zero-order valence-corrected chi connectivity index (χ0v) is 17.3. The van der Waals surface area contributed by atoms with Gasteiger partial charge in [-0.25, -0.2) is 16.8 Å². The van der Waals surface area contributed by atoms with Gasteiger partial charge < -0.3 is 9.73 Å². The second kappa shape index (κ2) is 7.07. The summed E-state index contributed by atoms with van der Waals surface area (Å²) < 4.78 is 55.8. The molecule has 1 aromatic carbocycles. The van der Waals surface area contributed by atoms with E-state index in [1.165, 1.54) is 6.26 Å². The number of sulfone groups is 2. The molecular formula is C19H25NO5S2. The minimum Gasteiger partial charge on any atom is -0.468 e. The molecule has 0 amide bonds. The lowest BCUT2D eigenvalue weighted by molar-refractivity contribution is 0.454. The highest BCUT2D eigenvalue weighted by atomic mass is 32.2. The molecule has 1 fully saturated rings. The van der Waals surface area contributed by atoms with Crippen molar-refractivity contribution < 1.29 is 21.3 Å². The molecule has 1 aliphatic heterocycles. The summed E-state index contributed by atoms with van der Waals surface area (Å²) in [5, 5.41) is 2.03. The van der Waals surface area contributed by atoms with Crippen LogP contribution in [0.25, 0.3) is 0 Å². The molecule has 2 heterocycles. The highest BCUT2D eigenvalue weighted by Crippen LogP contribution is 2.28. The Morgan fingerprint density at radius 1 is 1.11 bits per heavy atom. The molecule has 1 N–H and O–H groups in total. The normalized spacial score (nSPS) is 22.8. The van der Waals surface area contributed by atoms with Gasteiger partial charge in [-0.05, 0) is 35.2 Å². The number of hydrogen-bond acceptors (Lipinski definition) is 6. The highest BCUT2D eigenvalue weighted by Gasteiger charge is 2.45. The van der Waals surface area contributed by atoms with Crippen molar-refractivity contribution in [3.63, 3.8) is 0 Å². The van der Waals surface area contributed by atoms with Crippen LogP contribution in [-0.2, 0) is 31.6 Å². The molecule has 148 valence electrons. The Morgan fingerprint density at radius 2 is 1.78 bits per heavy atom. The van der Waals surface area contributed by atoms with Gasteiger partial charge >= 0.3 is 0 Å². The van der Waals surface area contributed by atoms with E-state index in [9.17, 15) is 16.8 Å². The Bertz CT molecular complexity index is 985. The van der Waals surface area contributed by atoms with Crippen molar-refractivity contribution >= 4 is 19.7 Å². The van der Waals surface area contributed by atoms with Crippen LogP contribution in [-0.4, -0.2) is 39.6 Å². The first-order valence-electron chi connectivity index (χ1n) is 8.80. The van der Waals surface area contributed by atoms with Crippen molar-refractivity contribution in [2.75, 3.05) is 11.5 Å². The van der Waals surface area contributed by atoms with Gasteiger partial charge in [-0.3, -0.25) is 0 Å². The number of hydrogen-bond donors (Lipinski definition) is 1. The van der Waals surface area contributed by atoms with E-state index in [0.717, 1.165) is 5.56 Å². The Labute approximate surface area is 160 Å². The van der Waals surface area contributed by atoms with E-state index >= 15 is 0 Å². The first-order valence-corrected chi connectivity index (χ1v) is 12.2. The number of furan rings is 1. The number of benzene rings is 1. The predicted octanol–water partition coefficient (Wildman–Crippen LogP) is 2.31. The van der Waals surface area contributed by atoms with Crippen LogP contribution in [0.4, 0.5) is 0 Å². The van der Waals surface area contributed by atoms with Crippen LogP contribution in [0, 0.1) is 0 Å². The van der Waals surface area contributed by atoms with Crippen molar-refractivity contribution in [3.05, 3.63) is 54.0 Å². The van der Waals surface area contributed by atoms with Gasteiger partial charge in [0, 0.05) is 6.04 Å². The molecule has 3 rings (SSSR count). The molecule has 8 heteroatoms. The van der Waals surface area contributed by atoms with Gasteiger partial charge in [0.2, 0.25) is 0 Å². The summed E-state index contributed by atoms with van der Waals surface area (Å²) in [5.74, 6) is 0.0640. The van der Waals surface area contributed by atoms with E-state index in [1.54, 1.807) is 36.4 Å². The first kappa shape index (κ1) is 20.1. The summed E-state index contributed by atoms with van der Waals surface area (Å²) in [6, 6.07) is 9.55. The Hall–Kier alpha value is -1.64. The van der Waals surface area contributed by atoms with Crippen LogP contribution >= 0.6 is 0 Å². The lowest BCUT2D eigenvalue weighted by Crippen LogP contribution is -2.42. The summed E-state index contributed by atoms with van der Waals surface area (Å²) in [6.45, 7) is 6.43. The molecule has 1 saturated heterocycles. The third kappa shape index (κ3) is 4.44. The van der Waals surface area contributed by atoms with E-state index in [4.69, 9.17) is 4.42 Å². The van der Waals surface area contributed by atoms with Crippen molar-refractivity contribution in [2.45, 2.75) is 48.9 Å². The van der Waals surface area contributed by atoms with Crippen molar-refractivity contribution in [1.82, 2.24) is 5.32 Å². The molecule has 27 heavy (non-hydrogen) atoms. The smallest absolute Gasteiger partial charge is 0.183 e. The van der Waals surface area contributed by atoms with E-state index in [-0.39, 0.29) is 28.4 Å². The lowest BCUT2D eigenvalue weighted by Gasteiger charge is -2.21. The van der Waals surface area contributed by atoms with E-state index < -0.39 is 31.0 Å². The summed E-state index contributed by atoms with van der Waals surface area (Å²) >= 11 is 0. The molecule has 0 spiro atoms. The third-order valence-electron chi connectivity index (χ3n) is 4.87. The standard InChI is InChI=1S/C19H25NO5S2/c1-19(2,3)14-6-8-16(9-7-14)27(23,24)18-13-26(21,22)12-17(18)20-11-15-5-4-10-25-15/h4-10,17-18,20H,11-13H2,1-3H3/t17-,18-/m0/s1. The van der Waals surface area contributed by atoms with E-state index in [1.807, 2.05) is 0 Å². The monoisotopic (exact) mass is 411 g/mol. The molecule has 1 aromatic heterocycles. The highest BCUT2D eigenvalue weighted by molar-refractivity contribution is 7.96. The van der Waals surface area contributed by atoms with Crippen LogP contribution < -0.4 is 5.32 Å². The van der Waals surface area contributed by atoms with Gasteiger partial charge in [0.1, 0.15) is 5.76 Å². The summed E-state index contributed by atoms with van der Waals surface area (Å²) in [4.78, 5) is 0.155. The molecular weight excluding hydrogens is 386 g/mol. The summed E-state index contributed by atoms with van der Waals surface area (Å²) in [5.41, 5.74) is 0.930. The largest absolute Gasteiger partial charge is 0.468 e. The van der Waals surface area contributed by atoms with Crippen LogP contribution in [0.2, 0.25) is 0 Å². The fourth-order valence-electron chi connectivity index (χ4n) is 3.28. The number of nitrogens with one attached hydrogen (secondary N) is 1. The fraction of sp³-hybridized carbons (Fsp3) is 0.474. The van der Waals surface area contributed by atoms with Crippen molar-refractivity contribution in [3.8, 4) is 0 Å². The fourth-order valence-corrected chi connectivity index (χ4v) is 7.99. The van der Waals surface area contributed by atoms with E-state index in [2.05, 4.69) is 26.1 Å². The predicted molar refractivity (Wildman–Crippen MR) is 104 cm³/mol. The molecule has 2 atom stereocenters. The molecule has 2 aromatic rings. The summed E-state index contributed by atoms with van der Waals surface area (Å²) in [7, 11) is -7.21. The molecule has 1 aliphatic rings. The van der Waals surface area contributed by atoms with Gasteiger partial charge in [0.25, 0.3) is 0 Å². The minimum absolute atomic E-state index is 0.0911. The van der Waals surface area contributed by atoms with Crippen LogP contribution in [0.5, 0.6) is 0 Å². The molecule has 0 aliphatic carbocycles. The molecule has 0 radical (unpaired) electrons. The number of rotatable bonds is 5. The van der Waals surface area contributed by atoms with Crippen molar-refractivity contribution in [1.29, 1.82) is 0 Å².